The van der Waals surface area contributed by atoms with Crippen LogP contribution in [0.5, 0.6) is 11.5 Å². The lowest BCUT2D eigenvalue weighted by Gasteiger charge is -2.07. The lowest BCUT2D eigenvalue weighted by molar-refractivity contribution is 0.355. The van der Waals surface area contributed by atoms with Gasteiger partial charge in [-0.05, 0) is 23.8 Å². The van der Waals surface area contributed by atoms with Gasteiger partial charge in [0.15, 0.2) is 11.5 Å². The molecule has 1 aromatic carbocycles. The molecule has 3 heteroatoms. The maximum Gasteiger partial charge on any atom is 0.161 e. The van der Waals surface area contributed by atoms with Crippen LogP contribution in [-0.2, 0) is 0 Å². The molecule has 0 unspecified atom stereocenters. The third-order valence-electron chi connectivity index (χ3n) is 2.80. The summed E-state index contributed by atoms with van der Waals surface area (Å²) in [5, 5.41) is 9.87. The number of hydrogen-bond donors (Lipinski definition) is 1. The molecule has 0 aromatic heterocycles. The number of benzene rings is 1. The minimum absolute atomic E-state index is 0.236. The molecule has 1 N–H and O–H groups in total. The summed E-state index contributed by atoms with van der Waals surface area (Å²) in [4.78, 5) is 0. The van der Waals surface area contributed by atoms with Crippen molar-refractivity contribution >= 4 is 6.08 Å². The van der Waals surface area contributed by atoms with E-state index in [1.807, 2.05) is 48.6 Å². The lowest BCUT2D eigenvalue weighted by atomic mass is 10.1. The molecule has 0 radical (unpaired) electrons. The van der Waals surface area contributed by atoms with E-state index in [4.69, 9.17) is 9.47 Å². The van der Waals surface area contributed by atoms with Gasteiger partial charge in [-0.15, -0.1) is 0 Å². The highest BCUT2D eigenvalue weighted by atomic mass is 16.5. The van der Waals surface area contributed by atoms with E-state index < -0.39 is 0 Å². The minimum atomic E-state index is 0.236. The van der Waals surface area contributed by atoms with Crippen LogP contribution in [0, 0.1) is 0 Å². The summed E-state index contributed by atoms with van der Waals surface area (Å²) in [5.41, 5.74) is 1.73. The molecule has 0 fully saturated rings. The van der Waals surface area contributed by atoms with E-state index >= 15 is 0 Å². The number of aliphatic hydroxyl groups is 1. The Morgan fingerprint density at radius 3 is 2.37 bits per heavy atom. The first-order chi connectivity index (χ1) is 9.24. The van der Waals surface area contributed by atoms with E-state index in [-0.39, 0.29) is 5.76 Å². The van der Waals surface area contributed by atoms with E-state index in [9.17, 15) is 5.11 Å². The molecule has 0 heterocycles. The largest absolute Gasteiger partial charge is 0.507 e. The van der Waals surface area contributed by atoms with Crippen LogP contribution in [0.15, 0.2) is 59.9 Å². The third-order valence-corrected chi connectivity index (χ3v) is 2.80. The molecular weight excluding hydrogens is 240 g/mol. The van der Waals surface area contributed by atoms with E-state index in [2.05, 4.69) is 0 Å². The van der Waals surface area contributed by atoms with Gasteiger partial charge in [-0.25, -0.2) is 0 Å². The lowest BCUT2D eigenvalue weighted by Crippen LogP contribution is -1.90. The van der Waals surface area contributed by atoms with Crippen LogP contribution < -0.4 is 9.47 Å². The van der Waals surface area contributed by atoms with Crippen molar-refractivity contribution in [1.29, 1.82) is 0 Å². The highest BCUT2D eigenvalue weighted by Crippen LogP contribution is 2.28. The standard InChI is InChI=1S/C16H16O3/c1-18-15-10-8-12(11-16(15)19-2)7-9-14(17)13-5-3-4-6-13/h3-11,17H,1-2H3/b9-7+. The van der Waals surface area contributed by atoms with Crippen LogP contribution in [0.25, 0.3) is 6.08 Å². The Bertz CT molecular complexity index is 564. The summed E-state index contributed by atoms with van der Waals surface area (Å²) < 4.78 is 10.4. The zero-order valence-electron chi connectivity index (χ0n) is 11.0. The summed E-state index contributed by atoms with van der Waals surface area (Å²) in [6.07, 6.45) is 11.0. The predicted molar refractivity (Wildman–Crippen MR) is 76.5 cm³/mol. The quantitative estimate of drug-likeness (QED) is 0.836. The zero-order valence-corrected chi connectivity index (χ0v) is 11.0. The van der Waals surface area contributed by atoms with Crippen LogP contribution in [0.2, 0.25) is 0 Å². The van der Waals surface area contributed by atoms with Gasteiger partial charge in [0.05, 0.1) is 14.2 Å². The van der Waals surface area contributed by atoms with Crippen LogP contribution in [0.1, 0.15) is 5.56 Å². The molecule has 0 saturated carbocycles. The molecule has 2 rings (SSSR count). The number of hydrogen-bond acceptors (Lipinski definition) is 3. The van der Waals surface area contributed by atoms with Crippen molar-refractivity contribution < 1.29 is 14.6 Å². The summed E-state index contributed by atoms with van der Waals surface area (Å²) in [6, 6.07) is 5.59. The Morgan fingerprint density at radius 2 is 1.74 bits per heavy atom. The molecule has 1 aliphatic carbocycles. The van der Waals surface area contributed by atoms with Gasteiger partial charge in [0.1, 0.15) is 5.76 Å². The van der Waals surface area contributed by atoms with Gasteiger partial charge >= 0.3 is 0 Å². The molecule has 3 nitrogen and oxygen atoms in total. The van der Waals surface area contributed by atoms with Crippen LogP contribution in [0.4, 0.5) is 0 Å². The normalized spacial score (nSPS) is 13.3. The molecular formula is C16H16O3. The molecule has 0 atom stereocenters. The van der Waals surface area contributed by atoms with Crippen molar-refractivity contribution in [2.24, 2.45) is 0 Å². The maximum atomic E-state index is 9.87. The van der Waals surface area contributed by atoms with Gasteiger partial charge in [-0.1, -0.05) is 36.4 Å². The monoisotopic (exact) mass is 256 g/mol. The topological polar surface area (TPSA) is 38.7 Å². The fourth-order valence-corrected chi connectivity index (χ4v) is 1.77. The van der Waals surface area contributed by atoms with E-state index in [1.54, 1.807) is 20.3 Å². The number of rotatable bonds is 4. The van der Waals surface area contributed by atoms with Crippen molar-refractivity contribution in [3.8, 4) is 11.5 Å². The van der Waals surface area contributed by atoms with Gasteiger partial charge in [-0.2, -0.15) is 0 Å². The van der Waals surface area contributed by atoms with Gasteiger partial charge in [-0.3, -0.25) is 0 Å². The van der Waals surface area contributed by atoms with Gasteiger partial charge < -0.3 is 14.6 Å². The molecule has 0 aliphatic heterocycles. The summed E-state index contributed by atoms with van der Waals surface area (Å²) in [7, 11) is 3.20. The molecule has 1 aromatic rings. The number of methoxy groups -OCH3 is 2. The SMILES string of the molecule is COc1ccc(/C=C/C(O)=C2C=CC=C2)cc1OC. The molecule has 0 spiro atoms. The Kier molecular flexibility index (Phi) is 4.08. The predicted octanol–water partition coefficient (Wildman–Crippen LogP) is 3.66. The van der Waals surface area contributed by atoms with E-state index in [0.29, 0.717) is 11.5 Å². The Balaban J connectivity index is 2.22. The molecule has 0 amide bonds. The molecule has 1 aliphatic rings. The Labute approximate surface area is 112 Å². The smallest absolute Gasteiger partial charge is 0.161 e. The Hall–Kier alpha value is -2.42. The van der Waals surface area contributed by atoms with Crippen molar-refractivity contribution in [3.63, 3.8) is 0 Å². The first-order valence-electron chi connectivity index (χ1n) is 5.92. The van der Waals surface area contributed by atoms with Crippen LogP contribution in [-0.4, -0.2) is 19.3 Å². The second-order valence-corrected chi connectivity index (χ2v) is 4.01. The molecule has 0 bridgehead atoms. The molecule has 19 heavy (non-hydrogen) atoms. The highest BCUT2D eigenvalue weighted by Gasteiger charge is 2.03. The fourth-order valence-electron chi connectivity index (χ4n) is 1.77. The van der Waals surface area contributed by atoms with Gasteiger partial charge in [0.25, 0.3) is 0 Å². The zero-order chi connectivity index (χ0) is 13.7. The van der Waals surface area contributed by atoms with Gasteiger partial charge in [0, 0.05) is 5.57 Å². The minimum Gasteiger partial charge on any atom is -0.507 e. The highest BCUT2D eigenvalue weighted by molar-refractivity contribution is 5.59. The second-order valence-electron chi connectivity index (χ2n) is 4.01. The third kappa shape index (κ3) is 3.07. The summed E-state index contributed by atoms with van der Waals surface area (Å²) in [5.74, 6) is 1.58. The van der Waals surface area contributed by atoms with Crippen molar-refractivity contribution in [2.45, 2.75) is 0 Å². The first kappa shape index (κ1) is 13.0. The fraction of sp³-hybridized carbons (Fsp3) is 0.125. The number of ether oxygens (including phenoxy) is 2. The maximum absolute atomic E-state index is 9.87. The second kappa shape index (κ2) is 5.96. The summed E-state index contributed by atoms with van der Waals surface area (Å²) in [6.45, 7) is 0. The molecule has 98 valence electrons. The summed E-state index contributed by atoms with van der Waals surface area (Å²) >= 11 is 0. The number of aliphatic hydroxyl groups excluding tert-OH is 1. The van der Waals surface area contributed by atoms with Crippen molar-refractivity contribution in [3.05, 3.63) is 65.5 Å². The van der Waals surface area contributed by atoms with Crippen LogP contribution in [0.3, 0.4) is 0 Å². The van der Waals surface area contributed by atoms with E-state index in [1.165, 1.54) is 0 Å². The Morgan fingerprint density at radius 1 is 1.05 bits per heavy atom. The van der Waals surface area contributed by atoms with Gasteiger partial charge in [0.2, 0.25) is 0 Å². The number of allylic oxidation sites excluding steroid dienone is 6. The van der Waals surface area contributed by atoms with Crippen LogP contribution >= 0.6 is 0 Å². The van der Waals surface area contributed by atoms with E-state index in [0.717, 1.165) is 11.1 Å². The van der Waals surface area contributed by atoms with Crippen molar-refractivity contribution in [1.82, 2.24) is 0 Å². The molecule has 0 saturated heterocycles. The average Bonchev–Trinajstić information content (AvgIpc) is 2.98. The van der Waals surface area contributed by atoms with Crippen molar-refractivity contribution in [2.75, 3.05) is 14.2 Å². The average molecular weight is 256 g/mol. The first-order valence-corrected chi connectivity index (χ1v) is 5.92.